The van der Waals surface area contributed by atoms with Gasteiger partial charge in [-0.1, -0.05) is 23.2 Å². The summed E-state index contributed by atoms with van der Waals surface area (Å²) in [5.41, 5.74) is 2.51. The average molecular weight is 378 g/mol. The van der Waals surface area contributed by atoms with E-state index in [-0.39, 0.29) is 6.54 Å². The fourth-order valence-electron chi connectivity index (χ4n) is 2.49. The molecule has 0 amide bonds. The number of anilines is 1. The van der Waals surface area contributed by atoms with Gasteiger partial charge in [0.05, 0.1) is 24.2 Å². The lowest BCUT2D eigenvalue weighted by molar-refractivity contribution is 0.191. The summed E-state index contributed by atoms with van der Waals surface area (Å²) >= 11 is 11.9. The third kappa shape index (κ3) is 4.28. The molecule has 0 saturated carbocycles. The summed E-state index contributed by atoms with van der Waals surface area (Å²) in [5, 5.41) is 18.7. The highest BCUT2D eigenvalue weighted by atomic mass is 35.5. The highest BCUT2D eigenvalue weighted by Gasteiger charge is 2.11. The Morgan fingerprint density at radius 2 is 1.84 bits per heavy atom. The molecule has 130 valence electrons. The van der Waals surface area contributed by atoms with Gasteiger partial charge >= 0.3 is 0 Å². The molecule has 2 aromatic heterocycles. The van der Waals surface area contributed by atoms with E-state index in [2.05, 4.69) is 20.4 Å². The lowest BCUT2D eigenvalue weighted by Gasteiger charge is -2.14. The first-order valence-corrected chi connectivity index (χ1v) is 8.41. The molecule has 0 aliphatic heterocycles. The van der Waals surface area contributed by atoms with E-state index in [0.717, 1.165) is 11.4 Å². The zero-order chi connectivity index (χ0) is 18.0. The Hall–Kier alpha value is -2.15. The van der Waals surface area contributed by atoms with E-state index in [9.17, 15) is 5.11 Å². The van der Waals surface area contributed by atoms with Crippen molar-refractivity contribution in [1.29, 1.82) is 0 Å². The maximum absolute atomic E-state index is 10.3. The minimum Gasteiger partial charge on any atom is -0.387 e. The van der Waals surface area contributed by atoms with Crippen LogP contribution in [0.15, 0.2) is 36.7 Å². The quantitative estimate of drug-likeness (QED) is 0.708. The van der Waals surface area contributed by atoms with E-state index in [4.69, 9.17) is 23.2 Å². The van der Waals surface area contributed by atoms with Crippen LogP contribution in [0, 0.1) is 13.8 Å². The largest absolute Gasteiger partial charge is 0.387 e. The zero-order valence-corrected chi connectivity index (χ0v) is 15.3. The van der Waals surface area contributed by atoms with Gasteiger partial charge in [0.2, 0.25) is 0 Å². The summed E-state index contributed by atoms with van der Waals surface area (Å²) in [5.74, 6) is 1.15. The number of benzene rings is 1. The summed E-state index contributed by atoms with van der Waals surface area (Å²) < 4.78 is 1.72. The molecule has 8 heteroatoms. The molecule has 0 aliphatic carbocycles. The van der Waals surface area contributed by atoms with E-state index >= 15 is 0 Å². The number of aliphatic hydroxyl groups is 1. The van der Waals surface area contributed by atoms with Crippen molar-refractivity contribution < 1.29 is 5.11 Å². The van der Waals surface area contributed by atoms with E-state index in [1.165, 1.54) is 0 Å². The number of aromatic nitrogens is 4. The van der Waals surface area contributed by atoms with Crippen molar-refractivity contribution in [3.8, 4) is 5.82 Å². The molecule has 0 radical (unpaired) electrons. The Bertz CT molecular complexity index is 876. The fourth-order valence-corrected chi connectivity index (χ4v) is 3.03. The van der Waals surface area contributed by atoms with Crippen molar-refractivity contribution in [3.05, 3.63) is 63.7 Å². The highest BCUT2D eigenvalue weighted by molar-refractivity contribution is 6.34. The predicted octanol–water partition coefficient (Wildman–Crippen LogP) is 3.73. The van der Waals surface area contributed by atoms with Gasteiger partial charge in [0, 0.05) is 22.3 Å². The molecule has 1 atom stereocenters. The van der Waals surface area contributed by atoms with Gasteiger partial charge in [0.25, 0.3) is 0 Å². The molecule has 1 aromatic carbocycles. The van der Waals surface area contributed by atoms with Gasteiger partial charge < -0.3 is 10.4 Å². The first-order valence-electron chi connectivity index (χ1n) is 7.66. The number of nitrogens with zero attached hydrogens (tertiary/aromatic N) is 4. The van der Waals surface area contributed by atoms with Crippen molar-refractivity contribution in [2.24, 2.45) is 0 Å². The van der Waals surface area contributed by atoms with Crippen molar-refractivity contribution in [2.75, 3.05) is 11.9 Å². The van der Waals surface area contributed by atoms with Gasteiger partial charge in [-0.3, -0.25) is 4.98 Å². The van der Waals surface area contributed by atoms with Crippen molar-refractivity contribution in [3.63, 3.8) is 0 Å². The summed E-state index contributed by atoms with van der Waals surface area (Å²) in [6.45, 7) is 4.12. The normalized spacial score (nSPS) is 12.2. The third-order valence-electron chi connectivity index (χ3n) is 3.59. The summed E-state index contributed by atoms with van der Waals surface area (Å²) in [6, 6.07) is 6.94. The second-order valence-corrected chi connectivity index (χ2v) is 6.57. The van der Waals surface area contributed by atoms with Crippen molar-refractivity contribution in [1.82, 2.24) is 19.7 Å². The number of hydrogen-bond acceptors (Lipinski definition) is 5. The van der Waals surface area contributed by atoms with Crippen LogP contribution in [0.25, 0.3) is 5.82 Å². The fraction of sp³-hybridized carbons (Fsp3) is 0.235. The van der Waals surface area contributed by atoms with Crippen LogP contribution in [-0.4, -0.2) is 31.4 Å². The summed E-state index contributed by atoms with van der Waals surface area (Å²) in [7, 11) is 0. The predicted molar refractivity (Wildman–Crippen MR) is 98.5 cm³/mol. The Balaban J connectivity index is 1.73. The summed E-state index contributed by atoms with van der Waals surface area (Å²) in [6.07, 6.45) is 2.44. The van der Waals surface area contributed by atoms with Crippen molar-refractivity contribution >= 4 is 29.0 Å². The van der Waals surface area contributed by atoms with Gasteiger partial charge in [-0.2, -0.15) is 5.10 Å². The zero-order valence-electron chi connectivity index (χ0n) is 13.7. The molecule has 1 unspecified atom stereocenters. The van der Waals surface area contributed by atoms with E-state index in [1.807, 2.05) is 19.9 Å². The van der Waals surface area contributed by atoms with Gasteiger partial charge in [-0.15, -0.1) is 0 Å². The Morgan fingerprint density at radius 3 is 2.48 bits per heavy atom. The maximum Gasteiger partial charge on any atom is 0.174 e. The molecule has 0 spiro atoms. The second-order valence-electron chi connectivity index (χ2n) is 5.70. The van der Waals surface area contributed by atoms with Gasteiger partial charge in [-0.25, -0.2) is 9.67 Å². The Labute approximate surface area is 155 Å². The van der Waals surface area contributed by atoms with Crippen LogP contribution in [0.3, 0.4) is 0 Å². The van der Waals surface area contributed by atoms with E-state index < -0.39 is 6.10 Å². The molecule has 0 bridgehead atoms. The molecular weight excluding hydrogens is 361 g/mol. The molecule has 3 rings (SSSR count). The number of nitrogens with one attached hydrogen (secondary N) is 1. The number of aliphatic hydroxyl groups excluding tert-OH is 1. The number of hydrogen-bond donors (Lipinski definition) is 2. The minimum atomic E-state index is -0.782. The van der Waals surface area contributed by atoms with Gasteiger partial charge in [0.1, 0.15) is 5.82 Å². The van der Waals surface area contributed by atoms with Crippen LogP contribution in [-0.2, 0) is 0 Å². The summed E-state index contributed by atoms with van der Waals surface area (Å²) in [4.78, 5) is 8.66. The van der Waals surface area contributed by atoms with Crippen LogP contribution in [0.1, 0.15) is 23.1 Å². The molecule has 2 heterocycles. The lowest BCUT2D eigenvalue weighted by atomic mass is 10.1. The third-order valence-corrected chi connectivity index (χ3v) is 4.03. The van der Waals surface area contributed by atoms with Crippen LogP contribution in [0.2, 0.25) is 10.0 Å². The molecule has 0 fully saturated rings. The first-order chi connectivity index (χ1) is 11.9. The van der Waals surface area contributed by atoms with Crippen LogP contribution >= 0.6 is 23.2 Å². The Morgan fingerprint density at radius 1 is 1.12 bits per heavy atom. The number of halogens is 2. The monoisotopic (exact) mass is 377 g/mol. The van der Waals surface area contributed by atoms with E-state index in [0.29, 0.717) is 27.2 Å². The smallest absolute Gasteiger partial charge is 0.174 e. The number of aryl methyl sites for hydroxylation is 2. The maximum atomic E-state index is 10.3. The lowest BCUT2D eigenvalue weighted by Crippen LogP contribution is -2.14. The minimum absolute atomic E-state index is 0.242. The molecule has 3 aromatic rings. The van der Waals surface area contributed by atoms with Crippen LogP contribution in [0.4, 0.5) is 5.82 Å². The van der Waals surface area contributed by atoms with Gasteiger partial charge in [-0.05, 0) is 43.7 Å². The van der Waals surface area contributed by atoms with E-state index in [1.54, 1.807) is 35.3 Å². The first kappa shape index (κ1) is 17.7. The molecular formula is C17H17Cl2N5O. The van der Waals surface area contributed by atoms with Crippen LogP contribution < -0.4 is 5.32 Å². The highest BCUT2D eigenvalue weighted by Crippen LogP contribution is 2.23. The van der Waals surface area contributed by atoms with Crippen molar-refractivity contribution in [2.45, 2.75) is 20.0 Å². The molecule has 6 nitrogen and oxygen atoms in total. The standard InChI is InChI=1S/C17H17Cl2N5O/c1-10-3-11(2)24(23-10)17-9-20-8-16(22-17)21-7-15(25)12-4-13(18)6-14(19)5-12/h3-6,8-9,15,25H,7H2,1-2H3,(H,21,22). The molecule has 2 N–H and O–H groups in total. The average Bonchev–Trinajstić information content (AvgIpc) is 2.90. The van der Waals surface area contributed by atoms with Gasteiger partial charge in [0.15, 0.2) is 5.82 Å². The van der Waals surface area contributed by atoms with Crippen LogP contribution in [0.5, 0.6) is 0 Å². The topological polar surface area (TPSA) is 75.9 Å². The molecule has 0 saturated heterocycles. The second kappa shape index (κ2) is 7.39. The molecule has 25 heavy (non-hydrogen) atoms. The molecule has 0 aliphatic rings. The SMILES string of the molecule is Cc1cc(C)n(-c2cncc(NCC(O)c3cc(Cl)cc(Cl)c3)n2)n1. The number of rotatable bonds is 5. The Kier molecular flexibility index (Phi) is 5.22.